The van der Waals surface area contributed by atoms with Crippen molar-refractivity contribution in [1.29, 1.82) is 0 Å². The zero-order valence-electron chi connectivity index (χ0n) is 15.8. The summed E-state index contributed by atoms with van der Waals surface area (Å²) < 4.78 is 5.32. The number of rotatable bonds is 7. The quantitative estimate of drug-likeness (QED) is 0.761. The van der Waals surface area contributed by atoms with Gasteiger partial charge < -0.3 is 20.3 Å². The monoisotopic (exact) mass is 370 g/mol. The lowest BCUT2D eigenvalue weighted by atomic mass is 10.2. The van der Waals surface area contributed by atoms with Crippen molar-refractivity contribution >= 4 is 23.1 Å². The minimum atomic E-state index is -0.198. The first-order valence-electron chi connectivity index (χ1n) is 9.06. The number of carbonyl (C=O) groups is 1. The van der Waals surface area contributed by atoms with Gasteiger partial charge in [-0.15, -0.1) is 0 Å². The van der Waals surface area contributed by atoms with Crippen LogP contribution in [0, 0.1) is 0 Å². The number of anilines is 3. The molecular formula is C19H26N6O2. The third-order valence-corrected chi connectivity index (χ3v) is 4.37. The van der Waals surface area contributed by atoms with Crippen molar-refractivity contribution < 1.29 is 9.53 Å². The van der Waals surface area contributed by atoms with Crippen LogP contribution in [0.5, 0.6) is 0 Å². The fourth-order valence-electron chi connectivity index (χ4n) is 2.78. The normalized spacial score (nSPS) is 14.6. The molecule has 1 aromatic carbocycles. The molecule has 8 heteroatoms. The Kier molecular flexibility index (Phi) is 6.56. The molecule has 0 spiro atoms. The van der Waals surface area contributed by atoms with Crippen molar-refractivity contribution in [1.82, 2.24) is 20.2 Å². The fraction of sp³-hybridized carbons (Fsp3) is 0.421. The number of morpholine rings is 1. The minimum Gasteiger partial charge on any atom is -0.379 e. The Morgan fingerprint density at radius 3 is 2.63 bits per heavy atom. The van der Waals surface area contributed by atoms with Crippen molar-refractivity contribution in [2.45, 2.75) is 0 Å². The third kappa shape index (κ3) is 5.63. The Balaban J connectivity index is 1.53. The van der Waals surface area contributed by atoms with E-state index in [0.717, 1.165) is 44.2 Å². The van der Waals surface area contributed by atoms with Crippen LogP contribution >= 0.6 is 0 Å². The maximum Gasteiger partial charge on any atom is 0.270 e. The van der Waals surface area contributed by atoms with Gasteiger partial charge in [0.25, 0.3) is 5.91 Å². The topological polar surface area (TPSA) is 82.6 Å². The van der Waals surface area contributed by atoms with E-state index in [2.05, 4.69) is 25.5 Å². The molecule has 1 aromatic heterocycles. The maximum absolute atomic E-state index is 12.3. The van der Waals surface area contributed by atoms with Gasteiger partial charge in [0.05, 0.1) is 13.2 Å². The second kappa shape index (κ2) is 9.29. The Morgan fingerprint density at radius 2 is 1.93 bits per heavy atom. The lowest BCUT2D eigenvalue weighted by Crippen LogP contribution is -2.41. The molecule has 3 rings (SSSR count). The van der Waals surface area contributed by atoms with Crippen molar-refractivity contribution in [2.75, 3.05) is 63.7 Å². The third-order valence-electron chi connectivity index (χ3n) is 4.37. The van der Waals surface area contributed by atoms with Crippen LogP contribution in [0.2, 0.25) is 0 Å². The molecule has 0 unspecified atom stereocenters. The number of ether oxygens (including phenoxy) is 1. The van der Waals surface area contributed by atoms with E-state index in [9.17, 15) is 4.79 Å². The summed E-state index contributed by atoms with van der Waals surface area (Å²) in [6.07, 6.45) is 1.40. The molecule has 27 heavy (non-hydrogen) atoms. The molecule has 8 nitrogen and oxygen atoms in total. The SMILES string of the molecule is CN(C)c1ccc(Nc2cc(C(=O)NCCN3CCOCC3)ncn2)cc1. The number of aromatic nitrogens is 2. The smallest absolute Gasteiger partial charge is 0.270 e. The first-order valence-corrected chi connectivity index (χ1v) is 9.06. The second-order valence-electron chi connectivity index (χ2n) is 6.56. The molecular weight excluding hydrogens is 344 g/mol. The van der Waals surface area contributed by atoms with E-state index in [4.69, 9.17) is 4.74 Å². The predicted molar refractivity (Wildman–Crippen MR) is 106 cm³/mol. The average Bonchev–Trinajstić information content (AvgIpc) is 2.69. The van der Waals surface area contributed by atoms with E-state index >= 15 is 0 Å². The van der Waals surface area contributed by atoms with Crippen LogP contribution in [0.1, 0.15) is 10.5 Å². The van der Waals surface area contributed by atoms with E-state index in [1.807, 2.05) is 43.3 Å². The van der Waals surface area contributed by atoms with Gasteiger partial charge in [0.15, 0.2) is 0 Å². The Bertz CT molecular complexity index is 744. The molecule has 0 atom stereocenters. The van der Waals surface area contributed by atoms with E-state index < -0.39 is 0 Å². The van der Waals surface area contributed by atoms with Crippen LogP contribution in [0.3, 0.4) is 0 Å². The van der Waals surface area contributed by atoms with E-state index in [1.54, 1.807) is 6.07 Å². The summed E-state index contributed by atoms with van der Waals surface area (Å²) in [4.78, 5) is 24.9. The highest BCUT2D eigenvalue weighted by molar-refractivity contribution is 5.92. The van der Waals surface area contributed by atoms with E-state index in [0.29, 0.717) is 18.1 Å². The first-order chi connectivity index (χ1) is 13.1. The number of nitrogens with zero attached hydrogens (tertiary/aromatic N) is 4. The molecule has 0 aliphatic carbocycles. The number of benzene rings is 1. The molecule has 2 N–H and O–H groups in total. The largest absolute Gasteiger partial charge is 0.379 e. The summed E-state index contributed by atoms with van der Waals surface area (Å²) in [6, 6.07) is 9.63. The lowest BCUT2D eigenvalue weighted by molar-refractivity contribution is 0.0383. The molecule has 144 valence electrons. The average molecular weight is 370 g/mol. The van der Waals surface area contributed by atoms with Crippen molar-refractivity contribution in [2.24, 2.45) is 0 Å². The van der Waals surface area contributed by atoms with Crippen LogP contribution in [-0.4, -0.2) is 74.3 Å². The standard InChI is InChI=1S/C19H26N6O2/c1-24(2)16-5-3-15(4-6-16)23-18-13-17(21-14-22-18)19(26)20-7-8-25-9-11-27-12-10-25/h3-6,13-14H,7-12H2,1-2H3,(H,20,26)(H,21,22,23). The number of nitrogens with one attached hydrogen (secondary N) is 2. The number of hydrogen-bond donors (Lipinski definition) is 2. The highest BCUT2D eigenvalue weighted by Gasteiger charge is 2.12. The molecule has 1 aliphatic rings. The molecule has 1 saturated heterocycles. The van der Waals surface area contributed by atoms with Gasteiger partial charge >= 0.3 is 0 Å². The van der Waals surface area contributed by atoms with Crippen LogP contribution in [-0.2, 0) is 4.74 Å². The van der Waals surface area contributed by atoms with Crippen molar-refractivity contribution in [3.63, 3.8) is 0 Å². The Morgan fingerprint density at radius 1 is 1.19 bits per heavy atom. The van der Waals surface area contributed by atoms with Gasteiger partial charge in [0.1, 0.15) is 17.8 Å². The molecule has 0 radical (unpaired) electrons. The fourth-order valence-corrected chi connectivity index (χ4v) is 2.78. The molecule has 2 aromatic rings. The lowest BCUT2D eigenvalue weighted by Gasteiger charge is -2.26. The molecule has 1 fully saturated rings. The summed E-state index contributed by atoms with van der Waals surface area (Å²) in [7, 11) is 3.99. The van der Waals surface area contributed by atoms with Gasteiger partial charge in [-0.2, -0.15) is 0 Å². The van der Waals surface area contributed by atoms with Gasteiger partial charge in [-0.3, -0.25) is 9.69 Å². The van der Waals surface area contributed by atoms with Gasteiger partial charge in [0.2, 0.25) is 0 Å². The van der Waals surface area contributed by atoms with Crippen LogP contribution in [0.15, 0.2) is 36.7 Å². The van der Waals surface area contributed by atoms with E-state index in [1.165, 1.54) is 6.33 Å². The summed E-state index contributed by atoms with van der Waals surface area (Å²) in [6.45, 7) is 4.71. The summed E-state index contributed by atoms with van der Waals surface area (Å²) in [5, 5.41) is 6.11. The van der Waals surface area contributed by atoms with Crippen LogP contribution in [0.4, 0.5) is 17.2 Å². The Labute approximate surface area is 159 Å². The predicted octanol–water partition coefficient (Wildman–Crippen LogP) is 1.35. The van der Waals surface area contributed by atoms with Crippen molar-refractivity contribution in [3.8, 4) is 0 Å². The molecule has 1 aliphatic heterocycles. The molecule has 2 heterocycles. The molecule has 0 saturated carbocycles. The second-order valence-corrected chi connectivity index (χ2v) is 6.56. The first kappa shape index (κ1) is 19.1. The van der Waals surface area contributed by atoms with E-state index in [-0.39, 0.29) is 5.91 Å². The number of amides is 1. The van der Waals surface area contributed by atoms with Crippen LogP contribution in [0.25, 0.3) is 0 Å². The van der Waals surface area contributed by atoms with Gasteiger partial charge in [-0.1, -0.05) is 0 Å². The highest BCUT2D eigenvalue weighted by atomic mass is 16.5. The maximum atomic E-state index is 12.3. The molecule has 1 amide bonds. The highest BCUT2D eigenvalue weighted by Crippen LogP contribution is 2.19. The van der Waals surface area contributed by atoms with Gasteiger partial charge in [-0.05, 0) is 24.3 Å². The zero-order valence-corrected chi connectivity index (χ0v) is 15.8. The number of hydrogen-bond acceptors (Lipinski definition) is 7. The summed E-state index contributed by atoms with van der Waals surface area (Å²) in [5.74, 6) is 0.387. The Hall–Kier alpha value is -2.71. The molecule has 0 bridgehead atoms. The minimum absolute atomic E-state index is 0.198. The zero-order chi connectivity index (χ0) is 19.1. The van der Waals surface area contributed by atoms with Crippen molar-refractivity contribution in [3.05, 3.63) is 42.4 Å². The summed E-state index contributed by atoms with van der Waals surface area (Å²) >= 11 is 0. The number of carbonyl (C=O) groups excluding carboxylic acids is 1. The van der Waals surface area contributed by atoms with Crippen LogP contribution < -0.4 is 15.5 Å². The van der Waals surface area contributed by atoms with Gasteiger partial charge in [0, 0.05) is 57.7 Å². The van der Waals surface area contributed by atoms with Gasteiger partial charge in [-0.25, -0.2) is 9.97 Å². The summed E-state index contributed by atoms with van der Waals surface area (Å²) in [5.41, 5.74) is 2.36.